The van der Waals surface area contributed by atoms with Crippen molar-refractivity contribution in [1.29, 1.82) is 0 Å². The van der Waals surface area contributed by atoms with Crippen molar-refractivity contribution in [3.8, 4) is 0 Å². The van der Waals surface area contributed by atoms with Crippen LogP contribution in [0.5, 0.6) is 0 Å². The van der Waals surface area contributed by atoms with Crippen molar-refractivity contribution in [2.24, 2.45) is 52.3 Å². The van der Waals surface area contributed by atoms with Crippen LogP contribution in [0.3, 0.4) is 0 Å². The van der Waals surface area contributed by atoms with Crippen LogP contribution < -0.4 is 0 Å². The second kappa shape index (κ2) is 7.84. The molecule has 0 aromatic heterocycles. The zero-order valence-electron chi connectivity index (χ0n) is 19.5. The average molecular weight is 405 g/mol. The first-order chi connectivity index (χ1) is 13.8. The Morgan fingerprint density at radius 1 is 1.03 bits per heavy atom. The molecule has 0 spiro atoms. The van der Waals surface area contributed by atoms with Gasteiger partial charge in [-0.15, -0.1) is 0 Å². The zero-order chi connectivity index (χ0) is 21.0. The van der Waals surface area contributed by atoms with Gasteiger partial charge in [0.05, 0.1) is 0 Å². The molecule has 10 atom stereocenters. The van der Waals surface area contributed by atoms with Gasteiger partial charge in [-0.1, -0.05) is 40.5 Å². The molecule has 0 bridgehead atoms. The van der Waals surface area contributed by atoms with Gasteiger partial charge in [0.2, 0.25) is 0 Å². The lowest BCUT2D eigenvalue weighted by atomic mass is 9.41. The van der Waals surface area contributed by atoms with Gasteiger partial charge in [-0.05, 0) is 91.3 Å². The molecule has 29 heavy (non-hydrogen) atoms. The Bertz CT molecular complexity index is 617. The van der Waals surface area contributed by atoms with E-state index in [2.05, 4.69) is 27.7 Å². The van der Waals surface area contributed by atoms with Crippen LogP contribution in [0, 0.1) is 52.3 Å². The van der Waals surface area contributed by atoms with Crippen LogP contribution in [0.15, 0.2) is 0 Å². The minimum absolute atomic E-state index is 0.0860. The fourth-order valence-electron chi connectivity index (χ4n) is 9.46. The number of hydrogen-bond acceptors (Lipinski definition) is 3. The van der Waals surface area contributed by atoms with Crippen LogP contribution in [0.25, 0.3) is 0 Å². The van der Waals surface area contributed by atoms with Crippen molar-refractivity contribution in [1.82, 2.24) is 0 Å². The Labute approximate surface area is 178 Å². The van der Waals surface area contributed by atoms with E-state index in [1.807, 2.05) is 0 Å². The van der Waals surface area contributed by atoms with E-state index in [4.69, 9.17) is 4.74 Å². The Hall–Kier alpha value is -0.570. The summed E-state index contributed by atoms with van der Waals surface area (Å²) in [6, 6.07) is 0. The van der Waals surface area contributed by atoms with Gasteiger partial charge in [0, 0.05) is 19.4 Å². The van der Waals surface area contributed by atoms with Gasteiger partial charge in [-0.25, -0.2) is 0 Å². The molecule has 4 aliphatic rings. The highest BCUT2D eigenvalue weighted by molar-refractivity contribution is 5.66. The summed E-state index contributed by atoms with van der Waals surface area (Å²) in [4.78, 5) is 12.2. The van der Waals surface area contributed by atoms with Gasteiger partial charge in [0.1, 0.15) is 6.10 Å². The summed E-state index contributed by atoms with van der Waals surface area (Å²) in [7, 11) is 0. The van der Waals surface area contributed by atoms with E-state index in [9.17, 15) is 9.90 Å². The minimum atomic E-state index is -0.0860. The third kappa shape index (κ3) is 3.20. The Morgan fingerprint density at radius 3 is 2.41 bits per heavy atom. The fourth-order valence-corrected chi connectivity index (χ4v) is 9.46. The van der Waals surface area contributed by atoms with Crippen LogP contribution in [-0.2, 0) is 9.53 Å². The standard InChI is InChI=1S/C26H44O3/c1-6-18-20-9-7-8-13-25(20,4)22-12-14-26(5)19(16(2)15-27)10-11-21(26)23(22)24(18)29-17(3)28/h16,18-24,27H,6-15H2,1-5H3/t16-,18-,19-,20+,21+,22+,23+,24-,25+,26-/m1/s1. The maximum atomic E-state index is 12.2. The van der Waals surface area contributed by atoms with Gasteiger partial charge in [0.25, 0.3) is 0 Å². The van der Waals surface area contributed by atoms with Crippen molar-refractivity contribution in [2.75, 3.05) is 6.61 Å². The maximum absolute atomic E-state index is 12.2. The molecule has 3 nitrogen and oxygen atoms in total. The number of aliphatic hydroxyl groups excluding tert-OH is 1. The van der Waals surface area contributed by atoms with E-state index in [0.717, 1.165) is 6.42 Å². The van der Waals surface area contributed by atoms with Crippen molar-refractivity contribution < 1.29 is 14.6 Å². The maximum Gasteiger partial charge on any atom is 0.302 e. The summed E-state index contributed by atoms with van der Waals surface area (Å²) in [5, 5.41) is 9.91. The van der Waals surface area contributed by atoms with E-state index in [-0.39, 0.29) is 17.5 Å². The summed E-state index contributed by atoms with van der Waals surface area (Å²) in [6.45, 7) is 11.6. The normalized spacial score (nSPS) is 50.2. The number of hydrogen-bond donors (Lipinski definition) is 1. The van der Waals surface area contributed by atoms with E-state index < -0.39 is 0 Å². The van der Waals surface area contributed by atoms with Crippen molar-refractivity contribution >= 4 is 5.97 Å². The highest BCUT2D eigenvalue weighted by Gasteiger charge is 2.65. The van der Waals surface area contributed by atoms with Crippen molar-refractivity contribution in [3.05, 3.63) is 0 Å². The summed E-state index contributed by atoms with van der Waals surface area (Å²) in [5.74, 6) is 3.96. The van der Waals surface area contributed by atoms with E-state index >= 15 is 0 Å². The highest BCUT2D eigenvalue weighted by Crippen LogP contribution is 2.69. The molecule has 0 radical (unpaired) electrons. The molecule has 0 amide bonds. The van der Waals surface area contributed by atoms with Gasteiger partial charge in [0.15, 0.2) is 0 Å². The van der Waals surface area contributed by atoms with Crippen LogP contribution in [0.4, 0.5) is 0 Å². The van der Waals surface area contributed by atoms with Crippen molar-refractivity contribution in [3.63, 3.8) is 0 Å². The predicted molar refractivity (Wildman–Crippen MR) is 116 cm³/mol. The van der Waals surface area contributed by atoms with Crippen LogP contribution in [0.2, 0.25) is 0 Å². The van der Waals surface area contributed by atoms with Gasteiger partial charge < -0.3 is 9.84 Å². The quantitative estimate of drug-likeness (QED) is 0.599. The molecule has 4 aliphatic carbocycles. The minimum Gasteiger partial charge on any atom is -0.462 e. The van der Waals surface area contributed by atoms with E-state index in [1.54, 1.807) is 6.92 Å². The summed E-state index contributed by atoms with van der Waals surface area (Å²) in [6.07, 6.45) is 11.7. The van der Waals surface area contributed by atoms with Gasteiger partial charge in [-0.3, -0.25) is 4.79 Å². The Balaban J connectivity index is 1.75. The molecular formula is C26H44O3. The molecule has 1 N–H and O–H groups in total. The second-order valence-corrected chi connectivity index (χ2v) is 11.7. The third-order valence-corrected chi connectivity index (χ3v) is 10.6. The van der Waals surface area contributed by atoms with Gasteiger partial charge >= 0.3 is 5.97 Å². The molecule has 0 aromatic carbocycles. The number of carbonyl (C=O) groups excluding carboxylic acids is 1. The largest absolute Gasteiger partial charge is 0.462 e. The molecule has 166 valence electrons. The van der Waals surface area contributed by atoms with E-state index in [1.165, 1.54) is 51.4 Å². The van der Waals surface area contributed by atoms with Crippen LogP contribution in [-0.4, -0.2) is 23.8 Å². The van der Waals surface area contributed by atoms with Gasteiger partial charge in [-0.2, -0.15) is 0 Å². The summed E-state index contributed by atoms with van der Waals surface area (Å²) >= 11 is 0. The molecule has 4 rings (SSSR count). The fraction of sp³-hybridized carbons (Fsp3) is 0.962. The third-order valence-electron chi connectivity index (χ3n) is 10.6. The number of rotatable bonds is 4. The smallest absolute Gasteiger partial charge is 0.302 e. The van der Waals surface area contributed by atoms with Crippen molar-refractivity contribution in [2.45, 2.75) is 98.5 Å². The molecule has 0 saturated heterocycles. The topological polar surface area (TPSA) is 46.5 Å². The number of fused-ring (bicyclic) bond motifs is 5. The highest BCUT2D eigenvalue weighted by atomic mass is 16.5. The lowest BCUT2D eigenvalue weighted by Gasteiger charge is -2.64. The molecule has 4 saturated carbocycles. The lowest BCUT2D eigenvalue weighted by Crippen LogP contribution is -2.62. The molecule has 0 aliphatic heterocycles. The van der Waals surface area contributed by atoms with Crippen LogP contribution >= 0.6 is 0 Å². The number of carbonyl (C=O) groups is 1. The lowest BCUT2D eigenvalue weighted by molar-refractivity contribution is -0.211. The number of ether oxygens (including phenoxy) is 1. The summed E-state index contributed by atoms with van der Waals surface area (Å²) < 4.78 is 6.25. The molecular weight excluding hydrogens is 360 g/mol. The monoisotopic (exact) mass is 404 g/mol. The van der Waals surface area contributed by atoms with Crippen LogP contribution in [0.1, 0.15) is 92.4 Å². The Morgan fingerprint density at radius 2 is 1.76 bits per heavy atom. The zero-order valence-corrected chi connectivity index (χ0v) is 19.5. The first kappa shape index (κ1) is 21.7. The first-order valence-electron chi connectivity index (χ1n) is 12.6. The number of esters is 1. The first-order valence-corrected chi connectivity index (χ1v) is 12.6. The second-order valence-electron chi connectivity index (χ2n) is 11.7. The predicted octanol–water partition coefficient (Wildman–Crippen LogP) is 5.84. The molecule has 0 heterocycles. The molecule has 0 aromatic rings. The molecule has 3 heteroatoms. The van der Waals surface area contributed by atoms with E-state index in [0.29, 0.717) is 53.4 Å². The summed E-state index contributed by atoms with van der Waals surface area (Å²) in [5.41, 5.74) is 0.708. The molecule has 0 unspecified atom stereocenters. The SMILES string of the molecule is CC[C@H]1[C@@H](OC(C)=O)[C@@H]2[C@H](CC[C@]3(C)[C@@H]([C@H](C)CO)CC[C@@H]23)[C@@]2(C)CCCC[C@@H]12. The average Bonchev–Trinajstić information content (AvgIpc) is 3.04. The molecule has 4 fully saturated rings. The Kier molecular flexibility index (Phi) is 5.86. The number of aliphatic hydroxyl groups is 1.